The van der Waals surface area contributed by atoms with Crippen LogP contribution in [-0.4, -0.2) is 36.5 Å². The normalized spacial score (nSPS) is 21.5. The maximum absolute atomic E-state index is 12.1. The molecule has 0 saturated carbocycles. The van der Waals surface area contributed by atoms with Crippen molar-refractivity contribution in [2.45, 2.75) is 38.1 Å². The molecule has 2 aliphatic rings. The number of carbonyl (C=O) groups is 1. The van der Waals surface area contributed by atoms with Crippen molar-refractivity contribution < 1.29 is 4.79 Å². The van der Waals surface area contributed by atoms with Crippen molar-refractivity contribution in [2.75, 3.05) is 25.0 Å². The van der Waals surface area contributed by atoms with Gasteiger partial charge < -0.3 is 11.1 Å². The fraction of sp³-hybridized carbons (Fsp3) is 0.562. The predicted octanol–water partition coefficient (Wildman–Crippen LogP) is 1.96. The number of aryl methyl sites for hydroxylation is 2. The van der Waals surface area contributed by atoms with E-state index >= 15 is 0 Å². The summed E-state index contributed by atoms with van der Waals surface area (Å²) in [4.78, 5) is 14.2. The Morgan fingerprint density at radius 2 is 2.10 bits per heavy atom. The fourth-order valence-corrected chi connectivity index (χ4v) is 3.29. The van der Waals surface area contributed by atoms with Crippen LogP contribution in [0.4, 0.5) is 5.69 Å². The third-order valence-corrected chi connectivity index (χ3v) is 4.29. The standard InChI is InChI=1S/C16H23N3O.ClH/c17-14-5-2-8-19(10-14)11-16(20)18-15-7-6-12-3-1-4-13(12)9-15;/h6-7,9,14H,1-5,8,10-11,17H2,(H,18,20);1H/t14-;/m1./s1. The topological polar surface area (TPSA) is 58.4 Å². The van der Waals surface area contributed by atoms with Crippen LogP contribution in [0.25, 0.3) is 0 Å². The van der Waals surface area contributed by atoms with E-state index in [2.05, 4.69) is 22.3 Å². The smallest absolute Gasteiger partial charge is 0.238 e. The largest absolute Gasteiger partial charge is 0.327 e. The van der Waals surface area contributed by atoms with Gasteiger partial charge in [-0.05, 0) is 61.9 Å². The molecule has 1 aromatic carbocycles. The van der Waals surface area contributed by atoms with Gasteiger partial charge in [0.05, 0.1) is 6.54 Å². The summed E-state index contributed by atoms with van der Waals surface area (Å²) >= 11 is 0. The van der Waals surface area contributed by atoms with Gasteiger partial charge in [0.25, 0.3) is 0 Å². The van der Waals surface area contributed by atoms with E-state index in [0.717, 1.165) is 38.0 Å². The van der Waals surface area contributed by atoms with Crippen LogP contribution in [0.3, 0.4) is 0 Å². The number of nitrogens with one attached hydrogen (secondary N) is 1. The van der Waals surface area contributed by atoms with Gasteiger partial charge in [-0.15, -0.1) is 12.4 Å². The number of carbonyl (C=O) groups excluding carboxylic acids is 1. The maximum Gasteiger partial charge on any atom is 0.238 e. The second-order valence-corrected chi connectivity index (χ2v) is 6.02. The molecule has 1 aliphatic carbocycles. The second kappa shape index (κ2) is 7.25. The van der Waals surface area contributed by atoms with E-state index in [-0.39, 0.29) is 24.4 Å². The van der Waals surface area contributed by atoms with Gasteiger partial charge in [0.15, 0.2) is 0 Å². The first kappa shape index (κ1) is 16.3. The number of halogens is 1. The molecule has 1 atom stereocenters. The summed E-state index contributed by atoms with van der Waals surface area (Å²) in [5, 5.41) is 3.01. The number of hydrogen-bond acceptors (Lipinski definition) is 3. The minimum absolute atomic E-state index is 0. The van der Waals surface area contributed by atoms with Crippen molar-refractivity contribution >= 4 is 24.0 Å². The summed E-state index contributed by atoms with van der Waals surface area (Å²) in [6, 6.07) is 6.51. The lowest BCUT2D eigenvalue weighted by molar-refractivity contribution is -0.117. The van der Waals surface area contributed by atoms with Crippen molar-refractivity contribution in [3.05, 3.63) is 29.3 Å². The molecule has 3 N–H and O–H groups in total. The molecule has 1 aliphatic heterocycles. The molecule has 1 heterocycles. The molecule has 3 rings (SSSR count). The zero-order chi connectivity index (χ0) is 13.9. The number of nitrogens with zero attached hydrogens (tertiary/aromatic N) is 1. The van der Waals surface area contributed by atoms with Crippen LogP contribution < -0.4 is 11.1 Å². The molecule has 0 aromatic heterocycles. The molecule has 1 fully saturated rings. The molecule has 1 saturated heterocycles. The van der Waals surface area contributed by atoms with Crippen molar-refractivity contribution in [2.24, 2.45) is 5.73 Å². The van der Waals surface area contributed by atoms with Crippen LogP contribution in [0.1, 0.15) is 30.4 Å². The van der Waals surface area contributed by atoms with Gasteiger partial charge in [-0.1, -0.05) is 6.07 Å². The lowest BCUT2D eigenvalue weighted by Gasteiger charge is -2.29. The summed E-state index contributed by atoms with van der Waals surface area (Å²) in [6.45, 7) is 2.26. The van der Waals surface area contributed by atoms with Gasteiger partial charge in [-0.3, -0.25) is 9.69 Å². The molecule has 4 nitrogen and oxygen atoms in total. The minimum Gasteiger partial charge on any atom is -0.327 e. The van der Waals surface area contributed by atoms with Crippen LogP contribution in [0.5, 0.6) is 0 Å². The number of benzene rings is 1. The number of amides is 1. The highest BCUT2D eigenvalue weighted by Crippen LogP contribution is 2.24. The Morgan fingerprint density at radius 3 is 2.90 bits per heavy atom. The molecule has 0 radical (unpaired) electrons. The van der Waals surface area contributed by atoms with Gasteiger partial charge in [0.2, 0.25) is 5.91 Å². The molecular weight excluding hydrogens is 286 g/mol. The molecule has 116 valence electrons. The quantitative estimate of drug-likeness (QED) is 0.897. The monoisotopic (exact) mass is 309 g/mol. The molecule has 0 bridgehead atoms. The predicted molar refractivity (Wildman–Crippen MR) is 88.0 cm³/mol. The first-order valence-electron chi connectivity index (χ1n) is 7.60. The van der Waals surface area contributed by atoms with Crippen LogP contribution in [-0.2, 0) is 17.6 Å². The number of anilines is 1. The summed E-state index contributed by atoms with van der Waals surface area (Å²) in [7, 11) is 0. The van der Waals surface area contributed by atoms with Crippen LogP contribution in [0.2, 0.25) is 0 Å². The summed E-state index contributed by atoms with van der Waals surface area (Å²) < 4.78 is 0. The Kier molecular flexibility index (Phi) is 5.62. The first-order valence-corrected chi connectivity index (χ1v) is 7.60. The van der Waals surface area contributed by atoms with Crippen molar-refractivity contribution in [3.63, 3.8) is 0 Å². The van der Waals surface area contributed by atoms with E-state index in [9.17, 15) is 4.79 Å². The highest BCUT2D eigenvalue weighted by atomic mass is 35.5. The Labute approximate surface area is 132 Å². The fourth-order valence-electron chi connectivity index (χ4n) is 3.29. The Hall–Kier alpha value is -1.10. The van der Waals surface area contributed by atoms with E-state index in [0.29, 0.717) is 6.54 Å². The van der Waals surface area contributed by atoms with Crippen LogP contribution in [0.15, 0.2) is 18.2 Å². The number of rotatable bonds is 3. The van der Waals surface area contributed by atoms with E-state index in [1.807, 2.05) is 6.07 Å². The number of piperidine rings is 1. The lowest BCUT2D eigenvalue weighted by Crippen LogP contribution is -2.45. The third-order valence-electron chi connectivity index (χ3n) is 4.29. The molecule has 1 amide bonds. The zero-order valence-corrected chi connectivity index (χ0v) is 13.1. The van der Waals surface area contributed by atoms with E-state index in [1.165, 1.54) is 24.0 Å². The molecule has 0 unspecified atom stereocenters. The first-order chi connectivity index (χ1) is 9.70. The summed E-state index contributed by atoms with van der Waals surface area (Å²) in [5.74, 6) is 0.0667. The van der Waals surface area contributed by atoms with Crippen molar-refractivity contribution in [3.8, 4) is 0 Å². The van der Waals surface area contributed by atoms with Gasteiger partial charge >= 0.3 is 0 Å². The number of fused-ring (bicyclic) bond motifs is 1. The number of likely N-dealkylation sites (tertiary alicyclic amines) is 1. The van der Waals surface area contributed by atoms with Crippen LogP contribution in [0, 0.1) is 0 Å². The summed E-state index contributed by atoms with van der Waals surface area (Å²) in [5.41, 5.74) is 9.70. The third kappa shape index (κ3) is 4.19. The zero-order valence-electron chi connectivity index (χ0n) is 12.3. The van der Waals surface area contributed by atoms with E-state index in [4.69, 9.17) is 5.73 Å². The van der Waals surface area contributed by atoms with Gasteiger partial charge in [0, 0.05) is 18.3 Å². The van der Waals surface area contributed by atoms with Gasteiger partial charge in [0.1, 0.15) is 0 Å². The maximum atomic E-state index is 12.1. The number of hydrogen-bond donors (Lipinski definition) is 2. The average molecular weight is 310 g/mol. The van der Waals surface area contributed by atoms with Gasteiger partial charge in [-0.25, -0.2) is 0 Å². The highest BCUT2D eigenvalue weighted by Gasteiger charge is 2.19. The molecule has 0 spiro atoms. The van der Waals surface area contributed by atoms with Crippen molar-refractivity contribution in [1.82, 2.24) is 4.90 Å². The molecule has 21 heavy (non-hydrogen) atoms. The van der Waals surface area contributed by atoms with E-state index in [1.54, 1.807) is 0 Å². The highest BCUT2D eigenvalue weighted by molar-refractivity contribution is 5.92. The molecule has 5 heteroatoms. The lowest BCUT2D eigenvalue weighted by atomic mass is 10.1. The summed E-state index contributed by atoms with van der Waals surface area (Å²) in [6.07, 6.45) is 5.71. The van der Waals surface area contributed by atoms with Crippen molar-refractivity contribution in [1.29, 1.82) is 0 Å². The average Bonchev–Trinajstić information content (AvgIpc) is 2.86. The van der Waals surface area contributed by atoms with Crippen LogP contribution >= 0.6 is 12.4 Å². The number of nitrogens with two attached hydrogens (primary N) is 1. The SMILES string of the molecule is Cl.N[C@@H]1CCCN(CC(=O)Nc2ccc3c(c2)CCC3)C1. The minimum atomic E-state index is 0. The van der Waals surface area contributed by atoms with E-state index < -0.39 is 0 Å². The Morgan fingerprint density at radius 1 is 1.29 bits per heavy atom. The molecule has 1 aromatic rings. The van der Waals surface area contributed by atoms with Gasteiger partial charge in [-0.2, -0.15) is 0 Å². The molecular formula is C16H24ClN3O. The Bertz CT molecular complexity index is 506. The Balaban J connectivity index is 0.00000161. The second-order valence-electron chi connectivity index (χ2n) is 6.02.